The monoisotopic (exact) mass is 330 g/mol. The van der Waals surface area contributed by atoms with Gasteiger partial charge in [0.15, 0.2) is 5.82 Å². The lowest BCUT2D eigenvalue weighted by molar-refractivity contribution is 0.101. The zero-order chi connectivity index (χ0) is 16.4. The maximum absolute atomic E-state index is 12.4. The summed E-state index contributed by atoms with van der Waals surface area (Å²) >= 11 is 6.08. The molecule has 2 heterocycles. The van der Waals surface area contributed by atoms with Crippen molar-refractivity contribution in [2.75, 3.05) is 5.32 Å². The van der Waals surface area contributed by atoms with Crippen molar-refractivity contribution in [2.24, 2.45) is 0 Å². The third-order valence-corrected chi connectivity index (χ3v) is 3.78. The van der Waals surface area contributed by atoms with Gasteiger partial charge in [-0.25, -0.2) is 0 Å². The van der Waals surface area contributed by atoms with Gasteiger partial charge in [0.25, 0.3) is 5.91 Å². The number of aromatic nitrogens is 3. The van der Waals surface area contributed by atoms with E-state index in [1.165, 1.54) is 0 Å². The normalized spacial score (nSPS) is 10.7. The predicted octanol–water partition coefficient (Wildman–Crippen LogP) is 3.44. The average Bonchev–Trinajstić information content (AvgIpc) is 3.12. The third-order valence-electron chi connectivity index (χ3n) is 3.37. The number of amides is 1. The summed E-state index contributed by atoms with van der Waals surface area (Å²) in [6.45, 7) is 3.99. The second kappa shape index (κ2) is 6.26. The molecule has 1 N–H and O–H groups in total. The second-order valence-electron chi connectivity index (χ2n) is 5.17. The van der Waals surface area contributed by atoms with Crippen LogP contribution in [0.15, 0.2) is 41.1 Å². The first kappa shape index (κ1) is 15.3. The van der Waals surface area contributed by atoms with Gasteiger partial charge in [0, 0.05) is 23.8 Å². The number of benzene rings is 1. The van der Waals surface area contributed by atoms with E-state index in [9.17, 15) is 4.79 Å². The summed E-state index contributed by atoms with van der Waals surface area (Å²) in [5.74, 6) is 0.786. The van der Waals surface area contributed by atoms with Crippen LogP contribution in [0.3, 0.4) is 0 Å². The van der Waals surface area contributed by atoms with Crippen LogP contribution in [-0.4, -0.2) is 20.6 Å². The fourth-order valence-electron chi connectivity index (χ4n) is 2.18. The van der Waals surface area contributed by atoms with Crippen molar-refractivity contribution in [1.29, 1.82) is 0 Å². The molecule has 1 amide bonds. The SMILES string of the molecule is Cc1nc(Cn2cccc2C(=O)Nc2ccc(C)c(Cl)c2)no1. The summed E-state index contributed by atoms with van der Waals surface area (Å²) in [4.78, 5) is 16.6. The predicted molar refractivity (Wildman–Crippen MR) is 86.7 cm³/mol. The van der Waals surface area contributed by atoms with Crippen LogP contribution >= 0.6 is 11.6 Å². The van der Waals surface area contributed by atoms with Crippen LogP contribution in [0.1, 0.15) is 27.8 Å². The van der Waals surface area contributed by atoms with Gasteiger partial charge in [-0.1, -0.05) is 22.8 Å². The lowest BCUT2D eigenvalue weighted by atomic mass is 10.2. The summed E-state index contributed by atoms with van der Waals surface area (Å²) in [6.07, 6.45) is 1.79. The lowest BCUT2D eigenvalue weighted by Crippen LogP contribution is -2.17. The van der Waals surface area contributed by atoms with Gasteiger partial charge < -0.3 is 14.4 Å². The van der Waals surface area contributed by atoms with E-state index in [-0.39, 0.29) is 5.91 Å². The first-order valence-corrected chi connectivity index (χ1v) is 7.42. The number of carbonyl (C=O) groups excluding carboxylic acids is 1. The molecule has 0 saturated heterocycles. The minimum Gasteiger partial charge on any atom is -0.340 e. The van der Waals surface area contributed by atoms with Crippen molar-refractivity contribution in [3.63, 3.8) is 0 Å². The van der Waals surface area contributed by atoms with Crippen molar-refractivity contribution in [3.8, 4) is 0 Å². The quantitative estimate of drug-likeness (QED) is 0.795. The zero-order valence-electron chi connectivity index (χ0n) is 12.7. The van der Waals surface area contributed by atoms with Gasteiger partial charge in [-0.2, -0.15) is 4.98 Å². The molecule has 23 heavy (non-hydrogen) atoms. The van der Waals surface area contributed by atoms with Crippen LogP contribution in [0, 0.1) is 13.8 Å². The minimum absolute atomic E-state index is 0.227. The van der Waals surface area contributed by atoms with Gasteiger partial charge in [-0.3, -0.25) is 4.79 Å². The van der Waals surface area contributed by atoms with E-state index >= 15 is 0 Å². The molecule has 0 saturated carbocycles. The minimum atomic E-state index is -0.227. The Hall–Kier alpha value is -2.60. The number of hydrogen-bond acceptors (Lipinski definition) is 4. The standard InChI is InChI=1S/C16H15ClN4O2/c1-10-5-6-12(8-13(10)17)19-16(22)14-4-3-7-21(14)9-15-18-11(2)23-20-15/h3-8H,9H2,1-2H3,(H,19,22). The molecule has 0 fully saturated rings. The highest BCUT2D eigenvalue weighted by Crippen LogP contribution is 2.20. The molecular formula is C16H15ClN4O2. The molecular weight excluding hydrogens is 316 g/mol. The molecule has 3 rings (SSSR count). The lowest BCUT2D eigenvalue weighted by Gasteiger charge is -2.09. The van der Waals surface area contributed by atoms with Gasteiger partial charge in [0.1, 0.15) is 5.69 Å². The van der Waals surface area contributed by atoms with E-state index in [1.807, 2.05) is 19.1 Å². The fourth-order valence-corrected chi connectivity index (χ4v) is 2.36. The average molecular weight is 331 g/mol. The molecule has 0 aliphatic rings. The van der Waals surface area contributed by atoms with Crippen LogP contribution in [-0.2, 0) is 6.54 Å². The van der Waals surface area contributed by atoms with Crippen molar-refractivity contribution in [2.45, 2.75) is 20.4 Å². The summed E-state index contributed by atoms with van der Waals surface area (Å²) < 4.78 is 6.70. The number of nitrogens with one attached hydrogen (secondary N) is 1. The molecule has 0 atom stereocenters. The van der Waals surface area contributed by atoms with E-state index in [2.05, 4.69) is 15.5 Å². The molecule has 118 valence electrons. The molecule has 0 aliphatic carbocycles. The second-order valence-corrected chi connectivity index (χ2v) is 5.58. The van der Waals surface area contributed by atoms with Crippen molar-refractivity contribution in [1.82, 2.24) is 14.7 Å². The Morgan fingerprint density at radius 1 is 1.35 bits per heavy atom. The number of anilines is 1. The topological polar surface area (TPSA) is 73.0 Å². The van der Waals surface area contributed by atoms with Crippen molar-refractivity contribution < 1.29 is 9.32 Å². The maximum atomic E-state index is 12.4. The summed E-state index contributed by atoms with van der Waals surface area (Å²) in [5, 5.41) is 7.29. The Bertz CT molecular complexity index is 853. The van der Waals surface area contributed by atoms with Gasteiger partial charge in [-0.05, 0) is 36.8 Å². The Balaban J connectivity index is 1.77. The number of hydrogen-bond donors (Lipinski definition) is 1. The van der Waals surface area contributed by atoms with E-state index in [4.69, 9.17) is 16.1 Å². The first-order chi connectivity index (χ1) is 11.0. The first-order valence-electron chi connectivity index (χ1n) is 7.05. The summed E-state index contributed by atoms with van der Waals surface area (Å²) in [7, 11) is 0. The fraction of sp³-hybridized carbons (Fsp3) is 0.188. The number of halogens is 1. The molecule has 3 aromatic rings. The number of aryl methyl sites for hydroxylation is 2. The molecule has 7 heteroatoms. The van der Waals surface area contributed by atoms with Gasteiger partial charge in [0.2, 0.25) is 5.89 Å². The van der Waals surface area contributed by atoms with Gasteiger partial charge in [0.05, 0.1) is 6.54 Å². The highest BCUT2D eigenvalue weighted by atomic mass is 35.5. The molecule has 6 nitrogen and oxygen atoms in total. The third kappa shape index (κ3) is 3.43. The molecule has 0 spiro atoms. The van der Waals surface area contributed by atoms with Crippen LogP contribution in [0.4, 0.5) is 5.69 Å². The molecule has 2 aromatic heterocycles. The van der Waals surface area contributed by atoms with Crippen LogP contribution in [0.2, 0.25) is 5.02 Å². The summed E-state index contributed by atoms with van der Waals surface area (Å²) in [5.41, 5.74) is 2.11. The van der Waals surface area contributed by atoms with Crippen molar-refractivity contribution >= 4 is 23.2 Å². The molecule has 0 bridgehead atoms. The maximum Gasteiger partial charge on any atom is 0.272 e. The number of carbonyl (C=O) groups is 1. The van der Waals surface area contributed by atoms with Crippen LogP contribution in [0.5, 0.6) is 0 Å². The largest absolute Gasteiger partial charge is 0.340 e. The van der Waals surface area contributed by atoms with E-state index in [0.29, 0.717) is 34.7 Å². The Labute approximate surface area is 138 Å². The number of nitrogens with zero attached hydrogens (tertiary/aromatic N) is 3. The summed E-state index contributed by atoms with van der Waals surface area (Å²) in [6, 6.07) is 8.93. The van der Waals surface area contributed by atoms with Gasteiger partial charge in [-0.15, -0.1) is 0 Å². The van der Waals surface area contributed by atoms with E-state index in [1.54, 1.807) is 35.9 Å². The number of rotatable bonds is 4. The van der Waals surface area contributed by atoms with E-state index in [0.717, 1.165) is 5.56 Å². The van der Waals surface area contributed by atoms with Crippen molar-refractivity contribution in [3.05, 3.63) is 64.5 Å². The van der Waals surface area contributed by atoms with Crippen LogP contribution < -0.4 is 5.32 Å². The van der Waals surface area contributed by atoms with E-state index < -0.39 is 0 Å². The smallest absolute Gasteiger partial charge is 0.272 e. The molecule has 1 aromatic carbocycles. The Morgan fingerprint density at radius 3 is 2.87 bits per heavy atom. The van der Waals surface area contributed by atoms with Crippen LogP contribution in [0.25, 0.3) is 0 Å². The molecule has 0 unspecified atom stereocenters. The zero-order valence-corrected chi connectivity index (χ0v) is 13.5. The highest BCUT2D eigenvalue weighted by molar-refractivity contribution is 6.31. The Kier molecular flexibility index (Phi) is 4.16. The Morgan fingerprint density at radius 2 is 2.17 bits per heavy atom. The van der Waals surface area contributed by atoms with Gasteiger partial charge >= 0.3 is 0 Å². The molecule has 0 radical (unpaired) electrons. The molecule has 0 aliphatic heterocycles. The highest BCUT2D eigenvalue weighted by Gasteiger charge is 2.13.